The fraction of sp³-hybridized carbons (Fsp3) is 0.462. The minimum absolute atomic E-state index is 0.0380. The quantitative estimate of drug-likeness (QED) is 0.752. The first-order chi connectivity index (χ1) is 15.5. The van der Waals surface area contributed by atoms with Gasteiger partial charge in [0.1, 0.15) is 11.6 Å². The maximum atomic E-state index is 13.7. The van der Waals surface area contributed by atoms with E-state index in [0.29, 0.717) is 19.3 Å². The number of halogens is 1. The summed E-state index contributed by atoms with van der Waals surface area (Å²) in [6, 6.07) is 17.6. The summed E-state index contributed by atoms with van der Waals surface area (Å²) in [5.74, 6) is 0.139. The third-order valence-corrected chi connectivity index (χ3v) is 7.70. The summed E-state index contributed by atoms with van der Waals surface area (Å²) >= 11 is 6.01. The molecule has 2 heterocycles. The van der Waals surface area contributed by atoms with Crippen LogP contribution >= 0.6 is 11.6 Å². The average Bonchev–Trinajstić information content (AvgIpc) is 2.77. The van der Waals surface area contributed by atoms with Gasteiger partial charge in [-0.05, 0) is 55.4 Å². The zero-order valence-corrected chi connectivity index (χ0v) is 19.1. The molecule has 5 rings (SSSR count). The Morgan fingerprint density at radius 1 is 0.938 bits per heavy atom. The fourth-order valence-corrected chi connectivity index (χ4v) is 5.53. The molecule has 1 aliphatic carbocycles. The maximum absolute atomic E-state index is 13.7. The molecular weight excluding hydrogens is 422 g/mol. The Bertz CT molecular complexity index is 966. The second-order valence-corrected chi connectivity index (χ2v) is 9.88. The lowest BCUT2D eigenvalue weighted by Gasteiger charge is -2.56. The Labute approximate surface area is 194 Å². The molecule has 0 unspecified atom stereocenters. The van der Waals surface area contributed by atoms with Crippen LogP contribution in [0.2, 0.25) is 5.02 Å². The number of carbonyl (C=O) groups excluding carboxylic acids is 2. The van der Waals surface area contributed by atoms with Crippen LogP contribution in [0.1, 0.15) is 43.2 Å². The number of nitrogens with one attached hydrogen (secondary N) is 1. The molecule has 0 radical (unpaired) electrons. The SMILES string of the molecule is O=C1[C@@H](Cc2ccccc2)NC(=O)C2(CCN(Cc3ccc(Cl)cc3)CC2)N1C1CCC1. The zero-order chi connectivity index (χ0) is 22.1. The molecule has 6 heteroatoms. The van der Waals surface area contributed by atoms with Crippen molar-refractivity contribution >= 4 is 23.4 Å². The molecule has 2 aliphatic heterocycles. The molecule has 1 N–H and O–H groups in total. The summed E-state index contributed by atoms with van der Waals surface area (Å²) in [7, 11) is 0. The van der Waals surface area contributed by atoms with Crippen molar-refractivity contribution in [2.75, 3.05) is 13.1 Å². The van der Waals surface area contributed by atoms with Crippen molar-refractivity contribution in [2.24, 2.45) is 0 Å². The van der Waals surface area contributed by atoms with E-state index in [1.807, 2.05) is 47.4 Å². The molecular formula is C26H30ClN3O2. The van der Waals surface area contributed by atoms with E-state index in [1.165, 1.54) is 5.56 Å². The van der Waals surface area contributed by atoms with E-state index in [0.717, 1.165) is 49.5 Å². The zero-order valence-electron chi connectivity index (χ0n) is 18.3. The number of likely N-dealkylation sites (tertiary alicyclic amines) is 1. The van der Waals surface area contributed by atoms with Gasteiger partial charge in [0.15, 0.2) is 0 Å². The van der Waals surface area contributed by atoms with Crippen molar-refractivity contribution in [3.8, 4) is 0 Å². The van der Waals surface area contributed by atoms with Crippen LogP contribution in [-0.2, 0) is 22.6 Å². The Kier molecular flexibility index (Phi) is 5.95. The van der Waals surface area contributed by atoms with E-state index in [9.17, 15) is 9.59 Å². The average molecular weight is 452 g/mol. The predicted octanol–water partition coefficient (Wildman–Crippen LogP) is 3.80. The fourth-order valence-electron chi connectivity index (χ4n) is 5.40. The summed E-state index contributed by atoms with van der Waals surface area (Å²) in [5, 5.41) is 3.86. The van der Waals surface area contributed by atoms with Gasteiger partial charge in [-0.15, -0.1) is 0 Å². The van der Waals surface area contributed by atoms with E-state index in [4.69, 9.17) is 11.6 Å². The smallest absolute Gasteiger partial charge is 0.246 e. The van der Waals surface area contributed by atoms with Crippen LogP contribution in [0.4, 0.5) is 0 Å². The van der Waals surface area contributed by atoms with Gasteiger partial charge in [0, 0.05) is 37.1 Å². The van der Waals surface area contributed by atoms with E-state index >= 15 is 0 Å². The van der Waals surface area contributed by atoms with Crippen LogP contribution < -0.4 is 5.32 Å². The first kappa shape index (κ1) is 21.5. The number of hydrogen-bond donors (Lipinski definition) is 1. The Morgan fingerprint density at radius 2 is 1.62 bits per heavy atom. The molecule has 2 aromatic carbocycles. The summed E-state index contributed by atoms with van der Waals surface area (Å²) in [4.78, 5) is 31.6. The van der Waals surface area contributed by atoms with Crippen LogP contribution in [-0.4, -0.2) is 52.3 Å². The topological polar surface area (TPSA) is 52.7 Å². The van der Waals surface area contributed by atoms with Crippen LogP contribution in [0.3, 0.4) is 0 Å². The number of benzene rings is 2. The molecule has 2 amide bonds. The monoisotopic (exact) mass is 451 g/mol. The van der Waals surface area contributed by atoms with Crippen molar-refractivity contribution in [1.82, 2.24) is 15.1 Å². The number of carbonyl (C=O) groups is 2. The van der Waals surface area contributed by atoms with Crippen molar-refractivity contribution in [1.29, 1.82) is 0 Å². The molecule has 0 bridgehead atoms. The Hall–Kier alpha value is -2.37. The minimum Gasteiger partial charge on any atom is -0.342 e. The first-order valence-corrected chi connectivity index (χ1v) is 12.1. The van der Waals surface area contributed by atoms with Crippen LogP contribution in [0.15, 0.2) is 54.6 Å². The van der Waals surface area contributed by atoms with Gasteiger partial charge >= 0.3 is 0 Å². The van der Waals surface area contributed by atoms with Gasteiger partial charge in [0.05, 0.1) is 0 Å². The highest BCUT2D eigenvalue weighted by Gasteiger charge is 2.56. The van der Waals surface area contributed by atoms with E-state index in [1.54, 1.807) is 0 Å². The molecule has 2 saturated heterocycles. The van der Waals surface area contributed by atoms with E-state index < -0.39 is 11.6 Å². The number of nitrogens with zero attached hydrogens (tertiary/aromatic N) is 2. The van der Waals surface area contributed by atoms with Crippen LogP contribution in [0, 0.1) is 0 Å². The number of piperidine rings is 1. The summed E-state index contributed by atoms with van der Waals surface area (Å²) in [6.45, 7) is 2.44. The third-order valence-electron chi connectivity index (χ3n) is 7.45. The molecule has 32 heavy (non-hydrogen) atoms. The second-order valence-electron chi connectivity index (χ2n) is 9.44. The number of piperazine rings is 1. The van der Waals surface area contributed by atoms with Crippen LogP contribution in [0.5, 0.6) is 0 Å². The molecule has 1 atom stereocenters. The van der Waals surface area contributed by atoms with Crippen LogP contribution in [0.25, 0.3) is 0 Å². The molecule has 168 valence electrons. The van der Waals surface area contributed by atoms with E-state index in [2.05, 4.69) is 22.3 Å². The van der Waals surface area contributed by atoms with Crippen molar-refractivity contribution in [2.45, 2.75) is 62.7 Å². The maximum Gasteiger partial charge on any atom is 0.246 e. The van der Waals surface area contributed by atoms with Gasteiger partial charge in [0.2, 0.25) is 11.8 Å². The van der Waals surface area contributed by atoms with Gasteiger partial charge in [-0.25, -0.2) is 0 Å². The third kappa shape index (κ3) is 4.04. The standard InChI is InChI=1S/C26H30ClN3O2/c27-21-11-9-20(10-12-21)18-29-15-13-26(14-16-29)25(32)28-23(17-19-5-2-1-3-6-19)24(31)30(26)22-7-4-8-22/h1-3,5-6,9-12,22-23H,4,7-8,13-18H2,(H,28,32)/t23-/m1/s1. The number of amides is 2. The number of rotatable bonds is 5. The largest absolute Gasteiger partial charge is 0.342 e. The van der Waals surface area contributed by atoms with Crippen molar-refractivity contribution in [3.63, 3.8) is 0 Å². The van der Waals surface area contributed by atoms with Gasteiger partial charge in [-0.2, -0.15) is 0 Å². The predicted molar refractivity (Wildman–Crippen MR) is 125 cm³/mol. The first-order valence-electron chi connectivity index (χ1n) is 11.7. The minimum atomic E-state index is -0.703. The second kappa shape index (κ2) is 8.87. The molecule has 0 aromatic heterocycles. The van der Waals surface area contributed by atoms with Gasteiger partial charge in [-0.3, -0.25) is 14.5 Å². The van der Waals surface area contributed by atoms with Crippen molar-refractivity contribution < 1.29 is 9.59 Å². The summed E-state index contributed by atoms with van der Waals surface area (Å²) in [5.41, 5.74) is 1.59. The van der Waals surface area contributed by atoms with Gasteiger partial charge < -0.3 is 10.2 Å². The highest BCUT2D eigenvalue weighted by molar-refractivity contribution is 6.30. The lowest BCUT2D eigenvalue weighted by atomic mass is 9.77. The summed E-state index contributed by atoms with van der Waals surface area (Å²) in [6.07, 6.45) is 5.08. The number of hydrogen-bond acceptors (Lipinski definition) is 3. The lowest BCUT2D eigenvalue weighted by molar-refractivity contribution is -0.168. The Balaban J connectivity index is 1.32. The van der Waals surface area contributed by atoms with Crippen molar-refractivity contribution in [3.05, 3.63) is 70.7 Å². The van der Waals surface area contributed by atoms with Gasteiger partial charge in [0.25, 0.3) is 0 Å². The molecule has 1 saturated carbocycles. The lowest BCUT2D eigenvalue weighted by Crippen LogP contribution is -2.75. The van der Waals surface area contributed by atoms with E-state index in [-0.39, 0.29) is 17.9 Å². The normalized spacial score (nSPS) is 23.8. The highest BCUT2D eigenvalue weighted by atomic mass is 35.5. The molecule has 3 aliphatic rings. The molecule has 5 nitrogen and oxygen atoms in total. The Morgan fingerprint density at radius 3 is 2.25 bits per heavy atom. The van der Waals surface area contributed by atoms with Gasteiger partial charge in [-0.1, -0.05) is 54.1 Å². The summed E-state index contributed by atoms with van der Waals surface area (Å²) < 4.78 is 0. The molecule has 2 aromatic rings. The highest BCUT2D eigenvalue weighted by Crippen LogP contribution is 2.40. The molecule has 3 fully saturated rings. The molecule has 1 spiro atoms.